The van der Waals surface area contributed by atoms with Gasteiger partial charge in [-0.15, -0.1) is 0 Å². The maximum Gasteiger partial charge on any atom is 0.152 e. The van der Waals surface area contributed by atoms with Gasteiger partial charge in [-0.05, 0) is 96.2 Å². The predicted octanol–water partition coefficient (Wildman–Crippen LogP) is 13.9. The molecule has 0 aliphatic carbocycles. The molecular formula is C52H34N2O. The number of aliphatic imine (C=N–C) groups is 1. The minimum atomic E-state index is 0.194. The standard InChI is InChI=1S/C52H34N2O/c53-52(36-13-2-1-3-14-36)54-48(44-19-9-10-20-45(44)50-33-40-16-6-11-21-49(40)55-50)29-23-34-22-24-38-31-41(26-25-37(38)30-34)51-43-18-8-5-15-39(43)32-47-42-17-7-4-12-35(42)27-28-46(47)51/h1-33,53H/b29-23+,53-52?,54-48?. The van der Waals surface area contributed by atoms with Crippen molar-refractivity contribution >= 4 is 71.7 Å². The molecule has 10 aromatic rings. The van der Waals surface area contributed by atoms with E-state index in [-0.39, 0.29) is 5.84 Å². The Hall–Kier alpha value is -7.36. The van der Waals surface area contributed by atoms with Gasteiger partial charge in [-0.1, -0.05) is 164 Å². The van der Waals surface area contributed by atoms with E-state index in [1.807, 2.05) is 72.8 Å². The molecule has 0 spiro atoms. The fraction of sp³-hybridized carbons (Fsp3) is 0. The Bertz CT molecular complexity index is 3130. The van der Waals surface area contributed by atoms with Crippen LogP contribution in [0.15, 0.2) is 204 Å². The summed E-state index contributed by atoms with van der Waals surface area (Å²) in [6.07, 6.45) is 4.10. The average molecular weight is 703 g/mol. The summed E-state index contributed by atoms with van der Waals surface area (Å²) in [7, 11) is 0. The number of fused-ring (bicyclic) bond motifs is 6. The third-order valence-corrected chi connectivity index (χ3v) is 10.5. The lowest BCUT2D eigenvalue weighted by Gasteiger charge is -2.15. The molecule has 10 rings (SSSR count). The highest BCUT2D eigenvalue weighted by Crippen LogP contribution is 2.40. The van der Waals surface area contributed by atoms with Crippen LogP contribution >= 0.6 is 0 Å². The van der Waals surface area contributed by atoms with E-state index in [1.165, 1.54) is 48.8 Å². The number of furan rings is 1. The Kier molecular flexibility index (Phi) is 7.96. The first kappa shape index (κ1) is 32.3. The molecule has 0 saturated heterocycles. The Balaban J connectivity index is 1.06. The Labute approximate surface area is 318 Å². The normalized spacial score (nSPS) is 12.1. The van der Waals surface area contributed by atoms with Crippen molar-refractivity contribution in [2.24, 2.45) is 4.99 Å². The van der Waals surface area contributed by atoms with E-state index in [0.29, 0.717) is 5.71 Å². The third kappa shape index (κ3) is 5.98. The summed E-state index contributed by atoms with van der Waals surface area (Å²) in [5, 5.41) is 19.8. The molecule has 0 saturated carbocycles. The zero-order valence-corrected chi connectivity index (χ0v) is 29.9. The van der Waals surface area contributed by atoms with Gasteiger partial charge in [0.2, 0.25) is 0 Å². The molecule has 0 aliphatic heterocycles. The zero-order chi connectivity index (χ0) is 36.7. The fourth-order valence-corrected chi connectivity index (χ4v) is 7.83. The molecular weight excluding hydrogens is 669 g/mol. The van der Waals surface area contributed by atoms with Gasteiger partial charge in [0.05, 0.1) is 5.71 Å². The van der Waals surface area contributed by atoms with Crippen LogP contribution in [0.1, 0.15) is 16.7 Å². The van der Waals surface area contributed by atoms with Crippen LogP contribution in [0.3, 0.4) is 0 Å². The summed E-state index contributed by atoms with van der Waals surface area (Å²) in [4.78, 5) is 4.92. The summed E-state index contributed by atoms with van der Waals surface area (Å²) in [6.45, 7) is 0. The monoisotopic (exact) mass is 702 g/mol. The van der Waals surface area contributed by atoms with Crippen LogP contribution in [-0.4, -0.2) is 11.5 Å². The van der Waals surface area contributed by atoms with E-state index < -0.39 is 0 Å². The van der Waals surface area contributed by atoms with E-state index in [0.717, 1.165) is 44.4 Å². The van der Waals surface area contributed by atoms with Crippen LogP contribution in [0.5, 0.6) is 0 Å². The lowest BCUT2D eigenvalue weighted by Crippen LogP contribution is -2.05. The van der Waals surface area contributed by atoms with Crippen molar-refractivity contribution in [1.29, 1.82) is 5.41 Å². The van der Waals surface area contributed by atoms with Gasteiger partial charge in [-0.25, -0.2) is 4.99 Å². The molecule has 0 atom stereocenters. The molecule has 258 valence electrons. The van der Waals surface area contributed by atoms with Gasteiger partial charge in [0, 0.05) is 22.1 Å². The third-order valence-electron chi connectivity index (χ3n) is 10.5. The van der Waals surface area contributed by atoms with E-state index in [4.69, 9.17) is 14.8 Å². The van der Waals surface area contributed by atoms with E-state index in [1.54, 1.807) is 0 Å². The Morgan fingerprint density at radius 1 is 0.491 bits per heavy atom. The second kappa shape index (κ2) is 13.6. The van der Waals surface area contributed by atoms with Gasteiger partial charge in [-0.2, -0.15) is 0 Å². The minimum Gasteiger partial charge on any atom is -0.456 e. The smallest absolute Gasteiger partial charge is 0.152 e. The number of hydrogen-bond acceptors (Lipinski definition) is 2. The Morgan fingerprint density at radius 3 is 2.05 bits per heavy atom. The first-order valence-corrected chi connectivity index (χ1v) is 18.5. The van der Waals surface area contributed by atoms with Crippen LogP contribution in [-0.2, 0) is 0 Å². The largest absolute Gasteiger partial charge is 0.456 e. The molecule has 0 radical (unpaired) electrons. The molecule has 0 bridgehead atoms. The quantitative estimate of drug-likeness (QED) is 0.0797. The molecule has 1 heterocycles. The summed E-state index contributed by atoms with van der Waals surface area (Å²) in [5.41, 5.74) is 7.57. The van der Waals surface area contributed by atoms with Crippen LogP contribution in [0.4, 0.5) is 0 Å². The van der Waals surface area contributed by atoms with E-state index in [2.05, 4.69) is 127 Å². The highest BCUT2D eigenvalue weighted by Gasteiger charge is 2.16. The van der Waals surface area contributed by atoms with Crippen molar-refractivity contribution in [3.05, 3.63) is 211 Å². The van der Waals surface area contributed by atoms with Crippen molar-refractivity contribution in [2.45, 2.75) is 0 Å². The number of nitrogens with zero attached hydrogens (tertiary/aromatic N) is 1. The molecule has 0 unspecified atom stereocenters. The average Bonchev–Trinajstić information content (AvgIpc) is 3.69. The molecule has 1 aromatic heterocycles. The molecule has 55 heavy (non-hydrogen) atoms. The van der Waals surface area contributed by atoms with Gasteiger partial charge < -0.3 is 4.42 Å². The van der Waals surface area contributed by atoms with Gasteiger partial charge in [0.25, 0.3) is 0 Å². The second-order valence-electron chi connectivity index (χ2n) is 13.9. The SMILES string of the molecule is N=C(N=C(/C=C/c1ccc2cc(-c3c4ccccc4cc4c3ccc3ccccc34)ccc2c1)c1ccccc1-c1cc2ccccc2o1)c1ccccc1. The topological polar surface area (TPSA) is 49.4 Å². The maximum absolute atomic E-state index is 8.95. The molecule has 0 aliphatic rings. The predicted molar refractivity (Wildman–Crippen MR) is 232 cm³/mol. The number of hydrogen-bond donors (Lipinski definition) is 1. The van der Waals surface area contributed by atoms with Crippen molar-refractivity contribution in [2.75, 3.05) is 0 Å². The molecule has 0 amide bonds. The van der Waals surface area contributed by atoms with Crippen molar-refractivity contribution in [3.63, 3.8) is 0 Å². The first-order chi connectivity index (χ1) is 27.2. The van der Waals surface area contributed by atoms with E-state index in [9.17, 15) is 0 Å². The van der Waals surface area contributed by atoms with Crippen molar-refractivity contribution in [3.8, 4) is 22.5 Å². The summed E-state index contributed by atoms with van der Waals surface area (Å²) < 4.78 is 6.32. The van der Waals surface area contributed by atoms with Gasteiger partial charge in [-0.3, -0.25) is 5.41 Å². The van der Waals surface area contributed by atoms with Crippen LogP contribution < -0.4 is 0 Å². The summed E-state index contributed by atoms with van der Waals surface area (Å²) in [5.74, 6) is 0.956. The molecule has 0 fully saturated rings. The molecule has 1 N–H and O–H groups in total. The van der Waals surface area contributed by atoms with Crippen LogP contribution in [0.2, 0.25) is 0 Å². The number of nitrogens with one attached hydrogen (secondary N) is 1. The van der Waals surface area contributed by atoms with Crippen LogP contribution in [0, 0.1) is 5.41 Å². The first-order valence-electron chi connectivity index (χ1n) is 18.5. The van der Waals surface area contributed by atoms with Gasteiger partial charge >= 0.3 is 0 Å². The lowest BCUT2D eigenvalue weighted by molar-refractivity contribution is 0.631. The summed E-state index contributed by atoms with van der Waals surface area (Å²) >= 11 is 0. The van der Waals surface area contributed by atoms with Gasteiger partial charge in [0.15, 0.2) is 5.84 Å². The summed E-state index contributed by atoms with van der Waals surface area (Å²) in [6, 6.07) is 65.4. The highest BCUT2D eigenvalue weighted by molar-refractivity contribution is 6.21. The number of allylic oxidation sites excluding steroid dienone is 1. The van der Waals surface area contributed by atoms with Gasteiger partial charge in [0.1, 0.15) is 11.3 Å². The van der Waals surface area contributed by atoms with E-state index >= 15 is 0 Å². The van der Waals surface area contributed by atoms with Crippen molar-refractivity contribution in [1.82, 2.24) is 0 Å². The molecule has 3 nitrogen and oxygen atoms in total. The second-order valence-corrected chi connectivity index (χ2v) is 13.9. The maximum atomic E-state index is 8.95. The van der Waals surface area contributed by atoms with Crippen molar-refractivity contribution < 1.29 is 4.42 Å². The lowest BCUT2D eigenvalue weighted by atomic mass is 9.89. The molecule has 3 heteroatoms. The number of para-hydroxylation sites is 1. The number of rotatable bonds is 6. The molecule has 9 aromatic carbocycles. The zero-order valence-electron chi connectivity index (χ0n) is 29.9. The van der Waals surface area contributed by atoms with Crippen LogP contribution in [0.25, 0.3) is 82.6 Å². The number of amidine groups is 1. The Morgan fingerprint density at radius 2 is 1.18 bits per heavy atom. The fourth-order valence-electron chi connectivity index (χ4n) is 7.83. The highest BCUT2D eigenvalue weighted by atomic mass is 16.3. The minimum absolute atomic E-state index is 0.194. The number of benzene rings is 9.